The van der Waals surface area contributed by atoms with Crippen molar-refractivity contribution < 1.29 is 23.1 Å². The number of hydrogen-bond donors (Lipinski definition) is 2. The van der Waals surface area contributed by atoms with Gasteiger partial charge in [0, 0.05) is 18.5 Å². The Bertz CT molecular complexity index is 1140. The predicted octanol–water partition coefficient (Wildman–Crippen LogP) is 6.86. The minimum atomic E-state index is -4.50. The molecule has 3 aromatic carbocycles. The van der Waals surface area contributed by atoms with Crippen molar-refractivity contribution in [1.82, 2.24) is 5.32 Å². The third-order valence-electron chi connectivity index (χ3n) is 6.73. The molecule has 2 N–H and O–H groups in total. The molecule has 4 rings (SSSR count). The fraction of sp³-hybridized carbons (Fsp3) is 0.370. The van der Waals surface area contributed by atoms with Gasteiger partial charge in [0.1, 0.15) is 0 Å². The van der Waals surface area contributed by atoms with Crippen LogP contribution >= 0.6 is 0 Å². The minimum Gasteiger partial charge on any atom is -0.481 e. The molecule has 0 amide bonds. The molecule has 3 aromatic rings. The summed E-state index contributed by atoms with van der Waals surface area (Å²) in [7, 11) is 0. The summed E-state index contributed by atoms with van der Waals surface area (Å²) < 4.78 is 40.9. The van der Waals surface area contributed by atoms with Crippen LogP contribution in [-0.2, 0) is 17.4 Å². The summed E-state index contributed by atoms with van der Waals surface area (Å²) in [6.07, 6.45) is -2.43. The molecule has 0 heterocycles. The summed E-state index contributed by atoms with van der Waals surface area (Å²) in [6, 6.07) is 19.3. The number of hydrogen-bond acceptors (Lipinski definition) is 2. The van der Waals surface area contributed by atoms with Gasteiger partial charge in [0.05, 0.1) is 5.56 Å². The molecule has 6 heteroatoms. The van der Waals surface area contributed by atoms with Crippen LogP contribution in [0.4, 0.5) is 13.2 Å². The van der Waals surface area contributed by atoms with Crippen LogP contribution in [0.1, 0.15) is 66.8 Å². The van der Waals surface area contributed by atoms with E-state index < -0.39 is 17.7 Å². The first-order chi connectivity index (χ1) is 15.7. The maximum Gasteiger partial charge on any atom is 0.416 e. The van der Waals surface area contributed by atoms with Gasteiger partial charge < -0.3 is 10.4 Å². The van der Waals surface area contributed by atoms with Crippen molar-refractivity contribution in [3.05, 3.63) is 82.9 Å². The highest BCUT2D eigenvalue weighted by Crippen LogP contribution is 2.40. The number of aliphatic carboxylic acids is 1. The molecular weight excluding hydrogens is 427 g/mol. The van der Waals surface area contributed by atoms with Gasteiger partial charge in [-0.2, -0.15) is 13.2 Å². The third-order valence-corrected chi connectivity index (χ3v) is 6.73. The second-order valence-electron chi connectivity index (χ2n) is 8.97. The standard InChI is InChI=1S/C27H28F3NO2/c1-17(23-8-4-6-18-5-2-3-7-24(18)23)31-22-13-11-20(15-22)21-10-9-19(12-14-26(32)33)25(16-21)27(28,29)30/h2-10,16-17,20,22,31H,11-15H2,1H3,(H,32,33)/t17-,20-,22+/m1/s1. The number of alkyl halides is 3. The molecule has 0 aliphatic heterocycles. The number of nitrogens with one attached hydrogen (secondary N) is 1. The van der Waals surface area contributed by atoms with Crippen LogP contribution in [0.3, 0.4) is 0 Å². The zero-order chi connectivity index (χ0) is 23.6. The van der Waals surface area contributed by atoms with Crippen molar-refractivity contribution in [2.45, 2.75) is 63.2 Å². The van der Waals surface area contributed by atoms with Gasteiger partial charge >= 0.3 is 12.1 Å². The average Bonchev–Trinajstić information content (AvgIpc) is 3.25. The van der Waals surface area contributed by atoms with E-state index in [0.717, 1.165) is 19.3 Å². The summed E-state index contributed by atoms with van der Waals surface area (Å²) >= 11 is 0. The molecule has 1 aliphatic rings. The summed E-state index contributed by atoms with van der Waals surface area (Å²) in [6.45, 7) is 2.13. The fourth-order valence-electron chi connectivity index (χ4n) is 5.08. The molecule has 0 aromatic heterocycles. The first-order valence-electron chi connectivity index (χ1n) is 11.4. The lowest BCUT2D eigenvalue weighted by Gasteiger charge is -2.22. The maximum atomic E-state index is 13.6. The van der Waals surface area contributed by atoms with Crippen LogP contribution < -0.4 is 5.32 Å². The van der Waals surface area contributed by atoms with E-state index in [0.29, 0.717) is 5.56 Å². The van der Waals surface area contributed by atoms with Gasteiger partial charge in [0.25, 0.3) is 0 Å². The number of carboxylic acid groups (broad SMARTS) is 1. The van der Waals surface area contributed by atoms with E-state index >= 15 is 0 Å². The van der Waals surface area contributed by atoms with Crippen LogP contribution in [0.25, 0.3) is 10.8 Å². The number of aryl methyl sites for hydroxylation is 1. The minimum absolute atomic E-state index is 0.0471. The van der Waals surface area contributed by atoms with Gasteiger partial charge in [-0.3, -0.25) is 4.79 Å². The number of halogens is 3. The monoisotopic (exact) mass is 455 g/mol. The smallest absolute Gasteiger partial charge is 0.416 e. The van der Waals surface area contributed by atoms with Gasteiger partial charge in [-0.05, 0) is 72.1 Å². The Morgan fingerprint density at radius 3 is 2.61 bits per heavy atom. The maximum absolute atomic E-state index is 13.6. The van der Waals surface area contributed by atoms with Gasteiger partial charge in [-0.1, -0.05) is 54.6 Å². The molecule has 3 atom stereocenters. The second kappa shape index (κ2) is 9.56. The molecule has 3 nitrogen and oxygen atoms in total. The van der Waals surface area contributed by atoms with Crippen LogP contribution in [-0.4, -0.2) is 17.1 Å². The van der Waals surface area contributed by atoms with Gasteiger partial charge in [0.2, 0.25) is 0 Å². The first kappa shape index (κ1) is 23.3. The number of rotatable bonds is 7. The van der Waals surface area contributed by atoms with E-state index in [9.17, 15) is 18.0 Å². The van der Waals surface area contributed by atoms with Crippen molar-refractivity contribution in [3.63, 3.8) is 0 Å². The Morgan fingerprint density at radius 2 is 1.85 bits per heavy atom. The lowest BCUT2D eigenvalue weighted by Crippen LogP contribution is -2.29. The van der Waals surface area contributed by atoms with Crippen molar-refractivity contribution in [2.24, 2.45) is 0 Å². The fourth-order valence-corrected chi connectivity index (χ4v) is 5.08. The van der Waals surface area contributed by atoms with Crippen LogP contribution in [0.5, 0.6) is 0 Å². The lowest BCUT2D eigenvalue weighted by atomic mass is 9.92. The molecule has 0 radical (unpaired) electrons. The molecule has 174 valence electrons. The first-order valence-corrected chi connectivity index (χ1v) is 11.4. The third kappa shape index (κ3) is 5.38. The molecule has 0 bridgehead atoms. The lowest BCUT2D eigenvalue weighted by molar-refractivity contribution is -0.140. The highest BCUT2D eigenvalue weighted by atomic mass is 19.4. The summed E-state index contributed by atoms with van der Waals surface area (Å²) in [5.74, 6) is -1.05. The number of carboxylic acids is 1. The average molecular weight is 456 g/mol. The van der Waals surface area contributed by atoms with Crippen LogP contribution in [0.2, 0.25) is 0 Å². The van der Waals surface area contributed by atoms with Crippen molar-refractivity contribution in [2.75, 3.05) is 0 Å². The van der Waals surface area contributed by atoms with E-state index in [1.165, 1.54) is 28.5 Å². The van der Waals surface area contributed by atoms with Gasteiger partial charge in [-0.15, -0.1) is 0 Å². The Labute approximate surface area is 191 Å². The quantitative estimate of drug-likeness (QED) is 0.409. The van der Waals surface area contributed by atoms with E-state index in [1.807, 2.05) is 12.1 Å². The summed E-state index contributed by atoms with van der Waals surface area (Å²) in [5.41, 5.74) is 1.25. The van der Waals surface area contributed by atoms with Gasteiger partial charge in [-0.25, -0.2) is 0 Å². The van der Waals surface area contributed by atoms with E-state index in [-0.39, 0.29) is 36.4 Å². The SMILES string of the molecule is C[C@@H](N[C@H]1CC[C@@H](c2ccc(CCC(=O)O)c(C(F)(F)F)c2)C1)c1cccc2ccccc12. The summed E-state index contributed by atoms with van der Waals surface area (Å²) in [5, 5.41) is 14.9. The Balaban J connectivity index is 1.47. The summed E-state index contributed by atoms with van der Waals surface area (Å²) in [4.78, 5) is 10.8. The number of carbonyl (C=O) groups is 1. The molecule has 1 fully saturated rings. The molecule has 1 aliphatic carbocycles. The van der Waals surface area contributed by atoms with Crippen molar-refractivity contribution in [3.8, 4) is 0 Å². The largest absolute Gasteiger partial charge is 0.481 e. The molecular formula is C27H28F3NO2. The highest BCUT2D eigenvalue weighted by molar-refractivity contribution is 5.86. The number of fused-ring (bicyclic) bond motifs is 1. The molecule has 0 unspecified atom stereocenters. The zero-order valence-electron chi connectivity index (χ0n) is 18.5. The normalized spacial score (nSPS) is 19.6. The van der Waals surface area contributed by atoms with E-state index in [4.69, 9.17) is 5.11 Å². The zero-order valence-corrected chi connectivity index (χ0v) is 18.5. The second-order valence-corrected chi connectivity index (χ2v) is 8.97. The van der Waals surface area contributed by atoms with E-state index in [1.54, 1.807) is 6.07 Å². The van der Waals surface area contributed by atoms with Crippen LogP contribution in [0.15, 0.2) is 60.7 Å². The highest BCUT2D eigenvalue weighted by Gasteiger charge is 2.35. The Hall–Kier alpha value is -2.86. The number of benzene rings is 3. The van der Waals surface area contributed by atoms with E-state index in [2.05, 4.69) is 42.6 Å². The van der Waals surface area contributed by atoms with Crippen LogP contribution in [0, 0.1) is 0 Å². The Kier molecular flexibility index (Phi) is 6.75. The van der Waals surface area contributed by atoms with Gasteiger partial charge in [0.15, 0.2) is 0 Å². The van der Waals surface area contributed by atoms with Crippen molar-refractivity contribution in [1.29, 1.82) is 0 Å². The topological polar surface area (TPSA) is 49.3 Å². The predicted molar refractivity (Wildman–Crippen MR) is 123 cm³/mol. The molecule has 1 saturated carbocycles. The molecule has 33 heavy (non-hydrogen) atoms. The van der Waals surface area contributed by atoms with Crippen molar-refractivity contribution >= 4 is 16.7 Å². The molecule has 0 spiro atoms. The molecule has 0 saturated heterocycles. The Morgan fingerprint density at radius 1 is 1.09 bits per heavy atom.